The largest absolute Gasteiger partial charge is 0.361 e. The molecule has 1 aromatic heterocycles. The predicted molar refractivity (Wildman–Crippen MR) is 100 cm³/mol. The molecular weight excluding hydrogens is 342 g/mol. The number of fused-ring (bicyclic) bond motifs is 1. The third-order valence-corrected chi connectivity index (χ3v) is 4.83. The maximum atomic E-state index is 12.8. The first-order chi connectivity index (χ1) is 11.6. The molecule has 2 N–H and O–H groups in total. The van der Waals surface area contributed by atoms with E-state index in [0.29, 0.717) is 22.2 Å². The molecule has 24 heavy (non-hydrogen) atoms. The number of aromatic nitrogens is 1. The summed E-state index contributed by atoms with van der Waals surface area (Å²) in [6, 6.07) is 14.8. The second kappa shape index (κ2) is 5.92. The topological polar surface area (TPSA) is 48.1 Å². The Morgan fingerprint density at radius 3 is 2.71 bits per heavy atom. The lowest BCUT2D eigenvalue weighted by Crippen LogP contribution is -2.32. The maximum Gasteiger partial charge on any atom is 0.256 e. The average molecular weight is 356 g/mol. The normalized spacial score (nSPS) is 17.5. The molecule has 0 radical (unpaired) electrons. The van der Waals surface area contributed by atoms with Crippen molar-refractivity contribution in [1.29, 1.82) is 0 Å². The monoisotopic (exact) mass is 355 g/mol. The molecule has 1 amide bonds. The SMILES string of the molecule is O=C1C(Cc2c[nH]c3ccccc23)NC(=S)N1c1ccccc1Cl. The Hall–Kier alpha value is -2.37. The maximum absolute atomic E-state index is 12.8. The van der Waals surface area contributed by atoms with Gasteiger partial charge in [-0.1, -0.05) is 41.9 Å². The molecule has 3 aromatic rings. The van der Waals surface area contributed by atoms with Crippen LogP contribution in [0, 0.1) is 0 Å². The minimum Gasteiger partial charge on any atom is -0.361 e. The molecule has 0 saturated carbocycles. The van der Waals surface area contributed by atoms with Gasteiger partial charge in [0, 0.05) is 23.5 Å². The summed E-state index contributed by atoms with van der Waals surface area (Å²) in [5.41, 5.74) is 2.76. The van der Waals surface area contributed by atoms with Crippen LogP contribution in [0.15, 0.2) is 54.7 Å². The van der Waals surface area contributed by atoms with Gasteiger partial charge in [-0.25, -0.2) is 0 Å². The number of carbonyl (C=O) groups excluding carboxylic acids is 1. The second-order valence-electron chi connectivity index (χ2n) is 5.69. The van der Waals surface area contributed by atoms with Gasteiger partial charge in [-0.15, -0.1) is 0 Å². The van der Waals surface area contributed by atoms with E-state index < -0.39 is 6.04 Å². The van der Waals surface area contributed by atoms with Crippen LogP contribution in [0.2, 0.25) is 5.02 Å². The van der Waals surface area contributed by atoms with E-state index in [0.717, 1.165) is 16.5 Å². The van der Waals surface area contributed by atoms with Crippen LogP contribution in [0.4, 0.5) is 5.69 Å². The van der Waals surface area contributed by atoms with Crippen molar-refractivity contribution in [2.75, 3.05) is 4.90 Å². The molecule has 1 saturated heterocycles. The molecule has 1 aliphatic heterocycles. The first-order valence-electron chi connectivity index (χ1n) is 7.59. The highest BCUT2D eigenvalue weighted by molar-refractivity contribution is 7.80. The fourth-order valence-electron chi connectivity index (χ4n) is 3.05. The van der Waals surface area contributed by atoms with Crippen molar-refractivity contribution < 1.29 is 4.79 Å². The lowest BCUT2D eigenvalue weighted by Gasteiger charge is -2.16. The molecule has 1 aliphatic rings. The van der Waals surface area contributed by atoms with Crippen LogP contribution in [0.5, 0.6) is 0 Å². The number of nitrogens with zero attached hydrogens (tertiary/aromatic N) is 1. The third kappa shape index (κ3) is 2.46. The fraction of sp³-hybridized carbons (Fsp3) is 0.111. The van der Waals surface area contributed by atoms with Crippen LogP contribution < -0.4 is 10.2 Å². The number of hydrogen-bond donors (Lipinski definition) is 2. The predicted octanol–water partition coefficient (Wildman–Crippen LogP) is 3.65. The Morgan fingerprint density at radius 1 is 1.12 bits per heavy atom. The van der Waals surface area contributed by atoms with Crippen molar-refractivity contribution in [3.05, 3.63) is 65.3 Å². The molecule has 2 aromatic carbocycles. The molecule has 0 bridgehead atoms. The molecule has 4 rings (SSSR count). The molecule has 0 aliphatic carbocycles. The van der Waals surface area contributed by atoms with E-state index in [-0.39, 0.29) is 5.91 Å². The van der Waals surface area contributed by atoms with E-state index in [1.54, 1.807) is 12.1 Å². The molecule has 1 fully saturated rings. The lowest BCUT2D eigenvalue weighted by atomic mass is 10.0. The number of hydrogen-bond acceptors (Lipinski definition) is 2. The van der Waals surface area contributed by atoms with Crippen LogP contribution in [0.1, 0.15) is 5.56 Å². The van der Waals surface area contributed by atoms with E-state index in [1.807, 2.05) is 42.6 Å². The molecule has 2 heterocycles. The summed E-state index contributed by atoms with van der Waals surface area (Å²) in [6.45, 7) is 0. The highest BCUT2D eigenvalue weighted by Crippen LogP contribution is 2.29. The molecule has 1 atom stereocenters. The minimum atomic E-state index is -0.395. The Balaban J connectivity index is 1.63. The Morgan fingerprint density at radius 2 is 1.88 bits per heavy atom. The lowest BCUT2D eigenvalue weighted by molar-refractivity contribution is -0.118. The van der Waals surface area contributed by atoms with Gasteiger partial charge in [0.15, 0.2) is 5.11 Å². The van der Waals surface area contributed by atoms with Crippen LogP contribution in [-0.4, -0.2) is 22.0 Å². The van der Waals surface area contributed by atoms with Gasteiger partial charge in [-0.05, 0) is 36.0 Å². The van der Waals surface area contributed by atoms with Crippen molar-refractivity contribution in [2.24, 2.45) is 0 Å². The summed E-state index contributed by atoms with van der Waals surface area (Å²) in [4.78, 5) is 17.6. The van der Waals surface area contributed by atoms with Gasteiger partial charge in [0.2, 0.25) is 0 Å². The van der Waals surface area contributed by atoms with Gasteiger partial charge >= 0.3 is 0 Å². The van der Waals surface area contributed by atoms with Gasteiger partial charge in [0.1, 0.15) is 6.04 Å². The molecule has 4 nitrogen and oxygen atoms in total. The number of anilines is 1. The zero-order valence-electron chi connectivity index (χ0n) is 12.6. The van der Waals surface area contributed by atoms with Gasteiger partial charge in [0.25, 0.3) is 5.91 Å². The number of nitrogens with one attached hydrogen (secondary N) is 2. The quantitative estimate of drug-likeness (QED) is 0.705. The molecular formula is C18H14ClN3OS. The fourth-order valence-corrected chi connectivity index (χ4v) is 3.60. The molecule has 120 valence electrons. The zero-order valence-corrected chi connectivity index (χ0v) is 14.2. The summed E-state index contributed by atoms with van der Waals surface area (Å²) in [5.74, 6) is -0.0848. The van der Waals surface area contributed by atoms with Crippen molar-refractivity contribution >= 4 is 51.4 Å². The van der Waals surface area contributed by atoms with Crippen molar-refractivity contribution in [2.45, 2.75) is 12.5 Å². The Labute approximate surface area is 149 Å². The summed E-state index contributed by atoms with van der Waals surface area (Å²) in [6.07, 6.45) is 2.50. The number of rotatable bonds is 3. The van der Waals surface area contributed by atoms with E-state index in [2.05, 4.69) is 10.3 Å². The minimum absolute atomic E-state index is 0.0848. The van der Waals surface area contributed by atoms with Crippen molar-refractivity contribution in [3.63, 3.8) is 0 Å². The number of halogens is 1. The first kappa shape index (κ1) is 15.2. The number of benzene rings is 2. The van der Waals surface area contributed by atoms with E-state index >= 15 is 0 Å². The van der Waals surface area contributed by atoms with E-state index in [4.69, 9.17) is 23.8 Å². The highest BCUT2D eigenvalue weighted by atomic mass is 35.5. The Bertz CT molecular complexity index is 952. The molecule has 6 heteroatoms. The van der Waals surface area contributed by atoms with Crippen LogP contribution in [0.25, 0.3) is 10.9 Å². The van der Waals surface area contributed by atoms with Gasteiger partial charge in [0.05, 0.1) is 10.7 Å². The number of thiocarbonyl (C=S) groups is 1. The molecule has 0 spiro atoms. The summed E-state index contributed by atoms with van der Waals surface area (Å²) < 4.78 is 0. The first-order valence-corrected chi connectivity index (χ1v) is 8.38. The second-order valence-corrected chi connectivity index (χ2v) is 6.48. The number of H-pyrrole nitrogens is 1. The van der Waals surface area contributed by atoms with Crippen molar-refractivity contribution in [1.82, 2.24) is 10.3 Å². The third-order valence-electron chi connectivity index (χ3n) is 4.21. The van der Waals surface area contributed by atoms with Crippen LogP contribution in [0.3, 0.4) is 0 Å². The van der Waals surface area contributed by atoms with E-state index in [9.17, 15) is 4.79 Å². The summed E-state index contributed by atoms with van der Waals surface area (Å²) >= 11 is 11.6. The average Bonchev–Trinajstić information content (AvgIpc) is 3.11. The smallest absolute Gasteiger partial charge is 0.256 e. The van der Waals surface area contributed by atoms with Gasteiger partial charge < -0.3 is 10.3 Å². The highest BCUT2D eigenvalue weighted by Gasteiger charge is 2.37. The number of para-hydroxylation sites is 2. The van der Waals surface area contributed by atoms with Gasteiger partial charge in [-0.3, -0.25) is 9.69 Å². The molecule has 1 unspecified atom stereocenters. The number of aromatic amines is 1. The summed E-state index contributed by atoms with van der Waals surface area (Å²) in [5, 5.41) is 5.13. The van der Waals surface area contributed by atoms with Crippen molar-refractivity contribution in [3.8, 4) is 0 Å². The summed E-state index contributed by atoms with van der Waals surface area (Å²) in [7, 11) is 0. The Kier molecular flexibility index (Phi) is 3.75. The van der Waals surface area contributed by atoms with Gasteiger partial charge in [-0.2, -0.15) is 0 Å². The zero-order chi connectivity index (χ0) is 16.7. The number of amides is 1. The van der Waals surface area contributed by atoms with E-state index in [1.165, 1.54) is 4.90 Å². The number of carbonyl (C=O) groups is 1. The van der Waals surface area contributed by atoms with Crippen LogP contribution in [-0.2, 0) is 11.2 Å². The standard InChI is InChI=1S/C18H14ClN3OS/c19-13-6-2-4-8-16(13)22-17(23)15(21-18(22)24)9-11-10-20-14-7-3-1-5-12(11)14/h1-8,10,15,20H,9H2,(H,21,24). The van der Waals surface area contributed by atoms with Crippen LogP contribution >= 0.6 is 23.8 Å².